The SMILES string of the molecule is Cc1cc(NC(=O)C(C)(C)NC(=O)Oc2ccc(Cl)s2)ccc1C(=O)N1CCC(N(C)C)C1. The average molecular weight is 493 g/mol. The zero-order valence-corrected chi connectivity index (χ0v) is 21.0. The van der Waals surface area contributed by atoms with Crippen LogP contribution in [-0.4, -0.2) is 66.5 Å². The number of thiophene rings is 1. The fourth-order valence-corrected chi connectivity index (χ4v) is 4.44. The van der Waals surface area contributed by atoms with Gasteiger partial charge in [0, 0.05) is 30.4 Å². The number of nitrogens with one attached hydrogen (secondary N) is 2. The maximum atomic E-state index is 13.0. The van der Waals surface area contributed by atoms with Crippen molar-refractivity contribution in [3.8, 4) is 5.06 Å². The van der Waals surface area contributed by atoms with Crippen molar-refractivity contribution in [1.82, 2.24) is 15.1 Å². The van der Waals surface area contributed by atoms with E-state index in [1.807, 2.05) is 25.9 Å². The molecule has 1 fully saturated rings. The summed E-state index contributed by atoms with van der Waals surface area (Å²) in [6.07, 6.45) is 0.197. The van der Waals surface area contributed by atoms with E-state index >= 15 is 0 Å². The molecule has 2 aromatic rings. The Kier molecular flexibility index (Phi) is 7.66. The molecule has 3 amide bonds. The van der Waals surface area contributed by atoms with Gasteiger partial charge in [0.1, 0.15) is 5.54 Å². The fraction of sp³-hybridized carbons (Fsp3) is 0.435. The summed E-state index contributed by atoms with van der Waals surface area (Å²) >= 11 is 6.95. The van der Waals surface area contributed by atoms with Crippen molar-refractivity contribution >= 4 is 46.5 Å². The van der Waals surface area contributed by atoms with E-state index in [2.05, 4.69) is 15.5 Å². The van der Waals surface area contributed by atoms with Crippen LogP contribution in [0.3, 0.4) is 0 Å². The molecule has 0 bridgehead atoms. The molecule has 178 valence electrons. The number of hydrogen-bond acceptors (Lipinski definition) is 6. The highest BCUT2D eigenvalue weighted by atomic mass is 35.5. The first-order chi connectivity index (χ1) is 15.5. The van der Waals surface area contributed by atoms with Crippen molar-refractivity contribution in [2.75, 3.05) is 32.5 Å². The van der Waals surface area contributed by atoms with Gasteiger partial charge in [-0.3, -0.25) is 9.59 Å². The van der Waals surface area contributed by atoms with E-state index in [9.17, 15) is 14.4 Å². The third kappa shape index (κ3) is 6.25. The number of nitrogens with zero attached hydrogens (tertiary/aromatic N) is 2. The minimum atomic E-state index is -1.24. The normalized spacial score (nSPS) is 16.1. The molecule has 1 atom stereocenters. The summed E-state index contributed by atoms with van der Waals surface area (Å²) in [6, 6.07) is 8.74. The van der Waals surface area contributed by atoms with Gasteiger partial charge in [-0.1, -0.05) is 22.9 Å². The van der Waals surface area contributed by atoms with Gasteiger partial charge in [-0.2, -0.15) is 0 Å². The third-order valence-electron chi connectivity index (χ3n) is 5.62. The van der Waals surface area contributed by atoms with Crippen LogP contribution in [-0.2, 0) is 4.79 Å². The third-order valence-corrected chi connectivity index (χ3v) is 6.73. The van der Waals surface area contributed by atoms with E-state index in [1.54, 1.807) is 44.2 Å². The van der Waals surface area contributed by atoms with Crippen molar-refractivity contribution in [3.63, 3.8) is 0 Å². The number of carbonyl (C=O) groups is 3. The number of rotatable bonds is 6. The molecule has 0 aliphatic carbocycles. The second-order valence-electron chi connectivity index (χ2n) is 8.84. The van der Waals surface area contributed by atoms with Gasteiger partial charge in [0.2, 0.25) is 5.91 Å². The summed E-state index contributed by atoms with van der Waals surface area (Å²) in [5.41, 5.74) is 0.681. The highest BCUT2D eigenvalue weighted by Gasteiger charge is 2.31. The summed E-state index contributed by atoms with van der Waals surface area (Å²) in [7, 11) is 4.05. The number of anilines is 1. The molecule has 33 heavy (non-hydrogen) atoms. The molecule has 1 saturated heterocycles. The topological polar surface area (TPSA) is 91.0 Å². The summed E-state index contributed by atoms with van der Waals surface area (Å²) < 4.78 is 5.66. The van der Waals surface area contributed by atoms with Crippen molar-refractivity contribution < 1.29 is 19.1 Å². The maximum absolute atomic E-state index is 13.0. The maximum Gasteiger partial charge on any atom is 0.414 e. The van der Waals surface area contributed by atoms with E-state index < -0.39 is 17.5 Å². The molecule has 8 nitrogen and oxygen atoms in total. The molecule has 2 heterocycles. The van der Waals surface area contributed by atoms with Gasteiger partial charge in [0.05, 0.1) is 4.34 Å². The number of hydrogen-bond donors (Lipinski definition) is 2. The molecule has 2 N–H and O–H groups in total. The number of aryl methyl sites for hydroxylation is 1. The average Bonchev–Trinajstić information content (AvgIpc) is 3.36. The lowest BCUT2D eigenvalue weighted by molar-refractivity contribution is -0.121. The second-order valence-corrected chi connectivity index (χ2v) is 10.5. The number of carbonyl (C=O) groups excluding carboxylic acids is 3. The molecular weight excluding hydrogens is 464 g/mol. The highest BCUT2D eigenvalue weighted by Crippen LogP contribution is 2.28. The van der Waals surface area contributed by atoms with Gasteiger partial charge in [0.15, 0.2) is 5.06 Å². The van der Waals surface area contributed by atoms with E-state index in [-0.39, 0.29) is 5.91 Å². The van der Waals surface area contributed by atoms with Crippen LogP contribution < -0.4 is 15.4 Å². The smallest absolute Gasteiger partial charge is 0.399 e. The largest absolute Gasteiger partial charge is 0.414 e. The minimum absolute atomic E-state index is 0.00634. The standard InChI is InChI=1S/C23H29ClN4O4S/c1-14-12-15(6-7-17(14)20(29)28-11-10-16(13-28)27(4)5)25-21(30)23(2,3)26-22(31)32-19-9-8-18(24)33-19/h6-9,12,16H,10-11,13H2,1-5H3,(H,25,30)(H,26,31). The number of likely N-dealkylation sites (tertiary alicyclic amines) is 1. The summed E-state index contributed by atoms with van der Waals surface area (Å²) in [4.78, 5) is 41.9. The highest BCUT2D eigenvalue weighted by molar-refractivity contribution is 7.17. The Labute approximate surface area is 202 Å². The Morgan fingerprint density at radius 3 is 2.52 bits per heavy atom. The van der Waals surface area contributed by atoms with E-state index in [1.165, 1.54) is 0 Å². The first-order valence-electron chi connectivity index (χ1n) is 10.6. The number of halogens is 1. The Morgan fingerprint density at radius 2 is 1.94 bits per heavy atom. The Balaban J connectivity index is 1.60. The molecule has 1 aliphatic heterocycles. The van der Waals surface area contributed by atoms with E-state index in [0.29, 0.717) is 33.2 Å². The first-order valence-corrected chi connectivity index (χ1v) is 11.8. The predicted molar refractivity (Wildman–Crippen MR) is 130 cm³/mol. The van der Waals surface area contributed by atoms with Crippen LogP contribution in [0, 0.1) is 6.92 Å². The molecule has 0 spiro atoms. The van der Waals surface area contributed by atoms with Crippen LogP contribution in [0.15, 0.2) is 30.3 Å². The van der Waals surface area contributed by atoms with Crippen LogP contribution in [0.25, 0.3) is 0 Å². The quantitative estimate of drug-likeness (QED) is 0.636. The molecule has 1 aromatic heterocycles. The van der Waals surface area contributed by atoms with Crippen LogP contribution in [0.4, 0.5) is 10.5 Å². The van der Waals surface area contributed by atoms with Gasteiger partial charge in [0.25, 0.3) is 5.91 Å². The Hall–Kier alpha value is -2.62. The predicted octanol–water partition coefficient (Wildman–Crippen LogP) is 3.99. The van der Waals surface area contributed by atoms with Crippen LogP contribution in [0.2, 0.25) is 4.34 Å². The number of likely N-dealkylation sites (N-methyl/N-ethyl adjacent to an activating group) is 1. The van der Waals surface area contributed by atoms with Crippen molar-refractivity contribution in [1.29, 1.82) is 0 Å². The van der Waals surface area contributed by atoms with Gasteiger partial charge < -0.3 is 25.2 Å². The monoisotopic (exact) mass is 492 g/mol. The van der Waals surface area contributed by atoms with E-state index in [4.69, 9.17) is 16.3 Å². The van der Waals surface area contributed by atoms with Gasteiger partial charge in [-0.15, -0.1) is 0 Å². The molecule has 3 rings (SSSR count). The van der Waals surface area contributed by atoms with Gasteiger partial charge in [-0.25, -0.2) is 4.79 Å². The van der Waals surface area contributed by atoms with Gasteiger partial charge >= 0.3 is 6.09 Å². The molecular formula is C23H29ClN4O4S. The zero-order chi connectivity index (χ0) is 24.3. The lowest BCUT2D eigenvalue weighted by Crippen LogP contribution is -2.53. The fourth-order valence-electron chi connectivity index (χ4n) is 3.57. The van der Waals surface area contributed by atoms with Crippen molar-refractivity contribution in [3.05, 3.63) is 45.8 Å². The summed E-state index contributed by atoms with van der Waals surface area (Å²) in [5, 5.41) is 5.68. The number of ether oxygens (including phenoxy) is 1. The summed E-state index contributed by atoms with van der Waals surface area (Å²) in [6.45, 7) is 6.43. The molecule has 10 heteroatoms. The van der Waals surface area contributed by atoms with Crippen LogP contribution in [0.5, 0.6) is 5.06 Å². The molecule has 0 saturated carbocycles. The van der Waals surface area contributed by atoms with E-state index in [0.717, 1.165) is 29.9 Å². The minimum Gasteiger partial charge on any atom is -0.399 e. The zero-order valence-electron chi connectivity index (χ0n) is 19.4. The van der Waals surface area contributed by atoms with Crippen LogP contribution >= 0.6 is 22.9 Å². The lowest BCUT2D eigenvalue weighted by Gasteiger charge is -2.25. The first kappa shape index (κ1) is 25.0. The van der Waals surface area contributed by atoms with Gasteiger partial charge in [-0.05, 0) is 77.2 Å². The van der Waals surface area contributed by atoms with Crippen LogP contribution in [0.1, 0.15) is 36.2 Å². The molecule has 0 radical (unpaired) electrons. The van der Waals surface area contributed by atoms with Crippen molar-refractivity contribution in [2.45, 2.75) is 38.8 Å². The molecule has 1 aromatic carbocycles. The lowest BCUT2D eigenvalue weighted by atomic mass is 10.0. The Bertz CT molecular complexity index is 1050. The Morgan fingerprint density at radius 1 is 1.21 bits per heavy atom. The number of amides is 3. The molecule has 1 aliphatic rings. The number of benzene rings is 1. The second kappa shape index (κ2) is 10.1. The molecule has 1 unspecified atom stereocenters. The van der Waals surface area contributed by atoms with Crippen molar-refractivity contribution in [2.24, 2.45) is 0 Å². The summed E-state index contributed by atoms with van der Waals surface area (Å²) in [5.74, 6) is -0.427.